The number of carbonyl (C=O) groups is 2. The maximum Gasteiger partial charge on any atom is 0.404 e. The van der Waals surface area contributed by atoms with E-state index in [0.717, 1.165) is 31.2 Å². The molecule has 3 N–H and O–H groups in total. The standard InChI is InChI=1S/C25H29FN6O3/c1-15-9-18(5-8-21(15)26)12-27-24(33)22-11-19(10-16(2)29-22)23-28-14-32(31-23)13-17-3-6-20(7-4-17)30-25(34)35/h5,8-11,14,17,20,30H,3-4,6-7,12-13H2,1-2H3,(H,27,33)(H,34,35)/t17-,20-. The molecule has 1 saturated carbocycles. The summed E-state index contributed by atoms with van der Waals surface area (Å²) in [6, 6.07) is 8.26. The molecule has 0 atom stereocenters. The minimum Gasteiger partial charge on any atom is -0.465 e. The largest absolute Gasteiger partial charge is 0.465 e. The van der Waals surface area contributed by atoms with E-state index in [1.807, 2.05) is 13.0 Å². The number of nitrogens with zero attached hydrogens (tertiary/aromatic N) is 4. The van der Waals surface area contributed by atoms with Crippen molar-refractivity contribution in [2.45, 2.75) is 58.7 Å². The highest BCUT2D eigenvalue weighted by atomic mass is 19.1. The molecule has 10 heteroatoms. The molecule has 184 valence electrons. The van der Waals surface area contributed by atoms with Crippen molar-refractivity contribution in [2.24, 2.45) is 5.92 Å². The van der Waals surface area contributed by atoms with E-state index in [4.69, 9.17) is 5.11 Å². The summed E-state index contributed by atoms with van der Waals surface area (Å²) in [5.74, 6) is 0.315. The van der Waals surface area contributed by atoms with Crippen molar-refractivity contribution in [3.05, 3.63) is 65.0 Å². The third-order valence-corrected chi connectivity index (χ3v) is 6.28. The Morgan fingerprint density at radius 2 is 1.91 bits per heavy atom. The number of benzene rings is 1. The van der Waals surface area contributed by atoms with Gasteiger partial charge in [-0.15, -0.1) is 0 Å². The Bertz CT molecular complexity index is 1220. The van der Waals surface area contributed by atoms with E-state index in [0.29, 0.717) is 35.1 Å². The zero-order valence-corrected chi connectivity index (χ0v) is 19.8. The molecule has 1 aromatic carbocycles. The second-order valence-electron chi connectivity index (χ2n) is 9.11. The molecule has 1 aliphatic rings. The van der Waals surface area contributed by atoms with Crippen molar-refractivity contribution in [2.75, 3.05) is 0 Å². The Labute approximate surface area is 202 Å². The smallest absolute Gasteiger partial charge is 0.404 e. The number of hydrogen-bond acceptors (Lipinski definition) is 5. The predicted molar refractivity (Wildman–Crippen MR) is 127 cm³/mol. The second kappa shape index (κ2) is 10.6. The van der Waals surface area contributed by atoms with Gasteiger partial charge in [0.2, 0.25) is 0 Å². The number of amides is 2. The molecule has 0 unspecified atom stereocenters. The van der Waals surface area contributed by atoms with Gasteiger partial charge in [-0.3, -0.25) is 9.48 Å². The van der Waals surface area contributed by atoms with Crippen molar-refractivity contribution in [3.63, 3.8) is 0 Å². The maximum atomic E-state index is 13.5. The van der Waals surface area contributed by atoms with E-state index >= 15 is 0 Å². The minimum absolute atomic E-state index is 0.0199. The second-order valence-corrected chi connectivity index (χ2v) is 9.11. The SMILES string of the molecule is Cc1cc(-c2ncn(C[C@H]3CC[C@H](NC(=O)O)CC3)n2)cc(C(=O)NCc2ccc(F)c(C)c2)n1. The molecule has 2 aromatic heterocycles. The molecule has 1 fully saturated rings. The van der Waals surface area contributed by atoms with E-state index in [-0.39, 0.29) is 30.0 Å². The Kier molecular flexibility index (Phi) is 7.38. The molecule has 2 amide bonds. The van der Waals surface area contributed by atoms with Crippen LogP contribution in [0.3, 0.4) is 0 Å². The lowest BCUT2D eigenvalue weighted by Crippen LogP contribution is -2.37. The van der Waals surface area contributed by atoms with Crippen LogP contribution >= 0.6 is 0 Å². The number of rotatable bonds is 7. The van der Waals surface area contributed by atoms with Crippen molar-refractivity contribution >= 4 is 12.0 Å². The van der Waals surface area contributed by atoms with E-state index in [1.54, 1.807) is 36.1 Å². The molecule has 3 aromatic rings. The summed E-state index contributed by atoms with van der Waals surface area (Å²) in [6.07, 6.45) is 4.19. The number of carbonyl (C=O) groups excluding carboxylic acids is 1. The fourth-order valence-electron chi connectivity index (χ4n) is 4.45. The van der Waals surface area contributed by atoms with Gasteiger partial charge < -0.3 is 15.7 Å². The van der Waals surface area contributed by atoms with E-state index in [1.165, 1.54) is 6.07 Å². The summed E-state index contributed by atoms with van der Waals surface area (Å²) in [5, 5.41) is 18.9. The third-order valence-electron chi connectivity index (χ3n) is 6.28. The van der Waals surface area contributed by atoms with Crippen LogP contribution in [0.25, 0.3) is 11.4 Å². The fourth-order valence-corrected chi connectivity index (χ4v) is 4.45. The number of aryl methyl sites for hydroxylation is 2. The lowest BCUT2D eigenvalue weighted by atomic mass is 9.86. The zero-order valence-electron chi connectivity index (χ0n) is 19.8. The number of halogens is 1. The first-order valence-corrected chi connectivity index (χ1v) is 11.7. The molecule has 35 heavy (non-hydrogen) atoms. The van der Waals surface area contributed by atoms with Crippen LogP contribution < -0.4 is 10.6 Å². The summed E-state index contributed by atoms with van der Waals surface area (Å²) >= 11 is 0. The van der Waals surface area contributed by atoms with Gasteiger partial charge in [0.25, 0.3) is 5.91 Å². The summed E-state index contributed by atoms with van der Waals surface area (Å²) in [6.45, 7) is 4.47. The number of hydrogen-bond donors (Lipinski definition) is 3. The lowest BCUT2D eigenvalue weighted by Gasteiger charge is -2.28. The molecule has 1 aliphatic carbocycles. The number of nitrogens with one attached hydrogen (secondary N) is 2. The minimum atomic E-state index is -0.972. The maximum absolute atomic E-state index is 13.5. The lowest BCUT2D eigenvalue weighted by molar-refractivity contribution is 0.0945. The van der Waals surface area contributed by atoms with Gasteiger partial charge in [-0.25, -0.2) is 19.2 Å². The Balaban J connectivity index is 1.38. The topological polar surface area (TPSA) is 122 Å². The summed E-state index contributed by atoms with van der Waals surface area (Å²) < 4.78 is 15.3. The third kappa shape index (κ3) is 6.40. The van der Waals surface area contributed by atoms with E-state index in [9.17, 15) is 14.0 Å². The molecule has 0 bridgehead atoms. The Morgan fingerprint density at radius 1 is 1.14 bits per heavy atom. The van der Waals surface area contributed by atoms with Gasteiger partial charge in [0.1, 0.15) is 17.8 Å². The molecule has 9 nitrogen and oxygen atoms in total. The first kappa shape index (κ1) is 24.3. The van der Waals surface area contributed by atoms with Crippen LogP contribution in [0.5, 0.6) is 0 Å². The summed E-state index contributed by atoms with van der Waals surface area (Å²) in [7, 11) is 0. The van der Waals surface area contributed by atoms with Crippen molar-refractivity contribution in [3.8, 4) is 11.4 Å². The van der Waals surface area contributed by atoms with Gasteiger partial charge in [-0.05, 0) is 74.8 Å². The summed E-state index contributed by atoms with van der Waals surface area (Å²) in [5.41, 5.74) is 2.97. The molecule has 4 rings (SSSR count). The quantitative estimate of drug-likeness (QED) is 0.472. The number of pyridine rings is 1. The van der Waals surface area contributed by atoms with Gasteiger partial charge in [-0.1, -0.05) is 12.1 Å². The average Bonchev–Trinajstić information content (AvgIpc) is 3.29. The van der Waals surface area contributed by atoms with Gasteiger partial charge in [0, 0.05) is 30.4 Å². The van der Waals surface area contributed by atoms with Gasteiger partial charge in [-0.2, -0.15) is 5.10 Å². The Morgan fingerprint density at radius 3 is 2.63 bits per heavy atom. The van der Waals surface area contributed by atoms with E-state index < -0.39 is 6.09 Å². The van der Waals surface area contributed by atoms with Gasteiger partial charge in [0.05, 0.1) is 0 Å². The van der Waals surface area contributed by atoms with Crippen molar-refractivity contribution in [1.29, 1.82) is 0 Å². The average molecular weight is 481 g/mol. The van der Waals surface area contributed by atoms with Gasteiger partial charge >= 0.3 is 6.09 Å². The highest BCUT2D eigenvalue weighted by molar-refractivity contribution is 5.93. The van der Waals surface area contributed by atoms with Crippen LogP contribution in [0.1, 0.15) is 53.0 Å². The summed E-state index contributed by atoms with van der Waals surface area (Å²) in [4.78, 5) is 32.3. The normalized spacial score (nSPS) is 17.7. The zero-order chi connectivity index (χ0) is 24.9. The highest BCUT2D eigenvalue weighted by Crippen LogP contribution is 2.26. The van der Waals surface area contributed by atoms with Crippen LogP contribution in [0.15, 0.2) is 36.7 Å². The first-order valence-electron chi connectivity index (χ1n) is 11.7. The van der Waals surface area contributed by atoms with E-state index in [2.05, 4.69) is 25.7 Å². The molecule has 2 heterocycles. The molecule has 0 saturated heterocycles. The van der Waals surface area contributed by atoms with Crippen molar-refractivity contribution < 1.29 is 19.1 Å². The van der Waals surface area contributed by atoms with Crippen LogP contribution in [-0.4, -0.2) is 42.9 Å². The highest BCUT2D eigenvalue weighted by Gasteiger charge is 2.23. The predicted octanol–water partition coefficient (Wildman–Crippen LogP) is 3.85. The van der Waals surface area contributed by atoms with Crippen LogP contribution in [-0.2, 0) is 13.1 Å². The van der Waals surface area contributed by atoms with Crippen LogP contribution in [0, 0.1) is 25.6 Å². The van der Waals surface area contributed by atoms with Crippen LogP contribution in [0.2, 0.25) is 0 Å². The number of aromatic nitrogens is 4. The molecule has 0 radical (unpaired) electrons. The van der Waals surface area contributed by atoms with Crippen molar-refractivity contribution in [1.82, 2.24) is 30.4 Å². The fraction of sp³-hybridized carbons (Fsp3) is 0.400. The monoisotopic (exact) mass is 480 g/mol. The molecule has 0 spiro atoms. The molecule has 0 aliphatic heterocycles. The number of carboxylic acid groups (broad SMARTS) is 1. The van der Waals surface area contributed by atoms with Crippen LogP contribution in [0.4, 0.5) is 9.18 Å². The first-order chi connectivity index (χ1) is 16.8. The van der Waals surface area contributed by atoms with Gasteiger partial charge in [0.15, 0.2) is 5.82 Å². The molecular weight excluding hydrogens is 451 g/mol. The Hall–Kier alpha value is -3.82. The molecular formula is C25H29FN6O3.